The smallest absolute Gasteiger partial charge is 0.405 e. The van der Waals surface area contributed by atoms with E-state index in [1.165, 1.54) is 5.56 Å². The fourth-order valence-electron chi connectivity index (χ4n) is 2.27. The highest BCUT2D eigenvalue weighted by Gasteiger charge is 2.54. The second-order valence-corrected chi connectivity index (χ2v) is 5.16. The Bertz CT molecular complexity index is 404. The molecule has 4 heteroatoms. The van der Waals surface area contributed by atoms with E-state index < -0.39 is 6.09 Å². The van der Waals surface area contributed by atoms with Crippen LogP contribution in [0.4, 0.5) is 4.79 Å². The van der Waals surface area contributed by atoms with Crippen molar-refractivity contribution < 1.29 is 9.90 Å². The number of benzene rings is 1. The fourth-order valence-corrected chi connectivity index (χ4v) is 2.53. The summed E-state index contributed by atoms with van der Waals surface area (Å²) in [6.45, 7) is 2.02. The maximum absolute atomic E-state index is 10.7. The summed E-state index contributed by atoms with van der Waals surface area (Å²) in [5, 5.41) is 11.5. The topological polar surface area (TPSA) is 49.3 Å². The van der Waals surface area contributed by atoms with Crippen molar-refractivity contribution in [1.29, 1.82) is 0 Å². The quantitative estimate of drug-likeness (QED) is 0.894. The van der Waals surface area contributed by atoms with Gasteiger partial charge in [-0.1, -0.05) is 35.0 Å². The molecule has 2 unspecified atom stereocenters. The van der Waals surface area contributed by atoms with Crippen LogP contribution in [0.3, 0.4) is 0 Å². The second-order valence-electron chi connectivity index (χ2n) is 4.25. The van der Waals surface area contributed by atoms with Crippen LogP contribution in [0.1, 0.15) is 31.2 Å². The molecule has 0 saturated heterocycles. The van der Waals surface area contributed by atoms with Crippen molar-refractivity contribution in [3.05, 3.63) is 34.3 Å². The molecule has 0 aromatic heterocycles. The van der Waals surface area contributed by atoms with Gasteiger partial charge in [0.2, 0.25) is 0 Å². The van der Waals surface area contributed by atoms with Gasteiger partial charge in [-0.15, -0.1) is 0 Å². The maximum Gasteiger partial charge on any atom is 0.405 e. The standard InChI is InChI=1S/C12H14BrNO2/c1-2-12(14-11(15)16)7-10(12)8-3-5-9(13)6-4-8/h3-6,10,14H,2,7H2,1H3,(H,15,16). The molecule has 2 N–H and O–H groups in total. The molecule has 0 heterocycles. The number of amides is 1. The summed E-state index contributed by atoms with van der Waals surface area (Å²) in [5.74, 6) is 0.321. The molecule has 1 amide bonds. The molecule has 86 valence electrons. The van der Waals surface area contributed by atoms with Crippen molar-refractivity contribution in [2.75, 3.05) is 0 Å². The molecule has 2 rings (SSSR count). The molecule has 1 aromatic carbocycles. The highest BCUT2D eigenvalue weighted by atomic mass is 79.9. The number of nitrogens with one attached hydrogen (secondary N) is 1. The second kappa shape index (κ2) is 4.09. The summed E-state index contributed by atoms with van der Waals surface area (Å²) in [7, 11) is 0. The first kappa shape index (κ1) is 11.5. The third-order valence-corrected chi connectivity index (χ3v) is 3.86. The Hall–Kier alpha value is -1.03. The van der Waals surface area contributed by atoms with Crippen LogP contribution < -0.4 is 5.32 Å². The summed E-state index contributed by atoms with van der Waals surface area (Å²) in [6, 6.07) is 8.09. The zero-order chi connectivity index (χ0) is 11.8. The van der Waals surface area contributed by atoms with Crippen LogP contribution in [0.2, 0.25) is 0 Å². The average molecular weight is 284 g/mol. The minimum atomic E-state index is -0.929. The number of rotatable bonds is 3. The summed E-state index contributed by atoms with van der Waals surface area (Å²) in [5.41, 5.74) is 0.971. The van der Waals surface area contributed by atoms with Crippen LogP contribution >= 0.6 is 15.9 Å². The lowest BCUT2D eigenvalue weighted by molar-refractivity contribution is 0.187. The number of carboxylic acid groups (broad SMARTS) is 1. The summed E-state index contributed by atoms with van der Waals surface area (Å²) < 4.78 is 1.05. The van der Waals surface area contributed by atoms with E-state index in [0.29, 0.717) is 5.92 Å². The van der Waals surface area contributed by atoms with Gasteiger partial charge in [-0.05, 0) is 30.5 Å². The highest BCUT2D eigenvalue weighted by molar-refractivity contribution is 9.10. The van der Waals surface area contributed by atoms with Gasteiger partial charge in [0.15, 0.2) is 0 Å². The predicted octanol–water partition coefficient (Wildman–Crippen LogP) is 3.35. The monoisotopic (exact) mass is 283 g/mol. The van der Waals surface area contributed by atoms with Crippen molar-refractivity contribution in [2.45, 2.75) is 31.2 Å². The Morgan fingerprint density at radius 2 is 2.19 bits per heavy atom. The van der Waals surface area contributed by atoms with E-state index in [0.717, 1.165) is 17.3 Å². The SMILES string of the molecule is CCC1(NC(=O)O)CC1c1ccc(Br)cc1. The molecule has 0 spiro atoms. The van der Waals surface area contributed by atoms with Gasteiger partial charge < -0.3 is 10.4 Å². The molecule has 1 aliphatic carbocycles. The van der Waals surface area contributed by atoms with Crippen LogP contribution in [0.25, 0.3) is 0 Å². The number of hydrogen-bond acceptors (Lipinski definition) is 1. The normalized spacial score (nSPS) is 27.5. The van der Waals surface area contributed by atoms with Gasteiger partial charge in [0, 0.05) is 10.4 Å². The van der Waals surface area contributed by atoms with Gasteiger partial charge in [0.1, 0.15) is 0 Å². The van der Waals surface area contributed by atoms with Gasteiger partial charge in [-0.2, -0.15) is 0 Å². The fraction of sp³-hybridized carbons (Fsp3) is 0.417. The minimum Gasteiger partial charge on any atom is -0.465 e. The summed E-state index contributed by atoms with van der Waals surface area (Å²) in [4.78, 5) is 10.7. The Kier molecular flexibility index (Phi) is 2.93. The largest absolute Gasteiger partial charge is 0.465 e. The van der Waals surface area contributed by atoms with Gasteiger partial charge in [0.05, 0.1) is 5.54 Å². The first-order chi connectivity index (χ1) is 7.57. The van der Waals surface area contributed by atoms with E-state index in [-0.39, 0.29) is 5.54 Å². The van der Waals surface area contributed by atoms with E-state index in [2.05, 4.69) is 33.4 Å². The van der Waals surface area contributed by atoms with Crippen molar-refractivity contribution in [1.82, 2.24) is 5.32 Å². The third-order valence-electron chi connectivity index (χ3n) is 3.33. The van der Waals surface area contributed by atoms with E-state index in [1.54, 1.807) is 0 Å². The molecule has 1 saturated carbocycles. The average Bonchev–Trinajstić information content (AvgIpc) is 2.93. The van der Waals surface area contributed by atoms with Crippen molar-refractivity contribution in [3.63, 3.8) is 0 Å². The van der Waals surface area contributed by atoms with E-state index in [4.69, 9.17) is 5.11 Å². The minimum absolute atomic E-state index is 0.236. The lowest BCUT2D eigenvalue weighted by atomic mass is 10.0. The number of hydrogen-bond donors (Lipinski definition) is 2. The Labute approximate surface area is 103 Å². The Morgan fingerprint density at radius 3 is 2.69 bits per heavy atom. The van der Waals surface area contributed by atoms with E-state index in [9.17, 15) is 4.79 Å². The molecule has 1 aliphatic rings. The van der Waals surface area contributed by atoms with Crippen LogP contribution in [-0.2, 0) is 0 Å². The molecule has 0 radical (unpaired) electrons. The van der Waals surface area contributed by atoms with Gasteiger partial charge in [-0.3, -0.25) is 0 Å². The van der Waals surface area contributed by atoms with Crippen molar-refractivity contribution in [2.24, 2.45) is 0 Å². The molecule has 1 fully saturated rings. The predicted molar refractivity (Wildman–Crippen MR) is 65.7 cm³/mol. The van der Waals surface area contributed by atoms with Crippen LogP contribution in [0.15, 0.2) is 28.7 Å². The lowest BCUT2D eigenvalue weighted by Gasteiger charge is -2.15. The van der Waals surface area contributed by atoms with Crippen molar-refractivity contribution >= 4 is 22.0 Å². The maximum atomic E-state index is 10.7. The molecule has 2 atom stereocenters. The van der Waals surface area contributed by atoms with Crippen molar-refractivity contribution in [3.8, 4) is 0 Å². The molecule has 0 bridgehead atoms. The van der Waals surface area contributed by atoms with Gasteiger partial charge >= 0.3 is 6.09 Å². The molecule has 1 aromatic rings. The van der Waals surface area contributed by atoms with Gasteiger partial charge in [0.25, 0.3) is 0 Å². The Morgan fingerprint density at radius 1 is 1.56 bits per heavy atom. The summed E-state index contributed by atoms with van der Waals surface area (Å²) >= 11 is 3.39. The molecular weight excluding hydrogens is 270 g/mol. The van der Waals surface area contributed by atoms with E-state index >= 15 is 0 Å². The molecule has 16 heavy (non-hydrogen) atoms. The lowest BCUT2D eigenvalue weighted by Crippen LogP contribution is -2.36. The number of halogens is 1. The third kappa shape index (κ3) is 2.07. The van der Waals surface area contributed by atoms with E-state index in [1.807, 2.05) is 19.1 Å². The Balaban J connectivity index is 2.14. The first-order valence-electron chi connectivity index (χ1n) is 5.34. The van der Waals surface area contributed by atoms with Crippen LogP contribution in [0.5, 0.6) is 0 Å². The van der Waals surface area contributed by atoms with Gasteiger partial charge in [-0.25, -0.2) is 4.79 Å². The van der Waals surface area contributed by atoms with Crippen LogP contribution in [0, 0.1) is 0 Å². The zero-order valence-electron chi connectivity index (χ0n) is 9.03. The molecule has 3 nitrogen and oxygen atoms in total. The molecule has 0 aliphatic heterocycles. The highest BCUT2D eigenvalue weighted by Crippen LogP contribution is 2.53. The first-order valence-corrected chi connectivity index (χ1v) is 6.13. The molecular formula is C12H14BrNO2. The summed E-state index contributed by atoms with van der Waals surface area (Å²) in [6.07, 6.45) is 0.804. The number of carbonyl (C=O) groups is 1. The zero-order valence-corrected chi connectivity index (χ0v) is 10.6. The van der Waals surface area contributed by atoms with Crippen LogP contribution in [-0.4, -0.2) is 16.7 Å².